The lowest BCUT2D eigenvalue weighted by molar-refractivity contribution is 0.689. The summed E-state index contributed by atoms with van der Waals surface area (Å²) in [4.78, 5) is 14.7. The largest absolute Gasteiger partial charge is 0.236 e. The van der Waals surface area contributed by atoms with E-state index in [1.807, 2.05) is 6.07 Å². The van der Waals surface area contributed by atoms with Crippen molar-refractivity contribution in [2.75, 3.05) is 0 Å². The van der Waals surface area contributed by atoms with Crippen LogP contribution in [0.4, 0.5) is 0 Å². The first kappa shape index (κ1) is 14.3. The fraction of sp³-hybridized carbons (Fsp3) is 0.211. The van der Waals surface area contributed by atoms with Crippen LogP contribution in [0.5, 0.6) is 0 Å². The van der Waals surface area contributed by atoms with Crippen molar-refractivity contribution >= 4 is 43.4 Å². The van der Waals surface area contributed by atoms with Crippen LogP contribution < -0.4 is 0 Å². The van der Waals surface area contributed by atoms with Gasteiger partial charge in [-0.2, -0.15) is 0 Å². The van der Waals surface area contributed by atoms with Gasteiger partial charge in [0.25, 0.3) is 0 Å². The summed E-state index contributed by atoms with van der Waals surface area (Å²) in [6, 6.07) is 10.5. The predicted molar refractivity (Wildman–Crippen MR) is 99.8 cm³/mol. The summed E-state index contributed by atoms with van der Waals surface area (Å²) in [5, 5.41) is 1.71. The van der Waals surface area contributed by atoms with Gasteiger partial charge in [0.1, 0.15) is 16.3 Å². The van der Waals surface area contributed by atoms with Gasteiger partial charge < -0.3 is 0 Å². The van der Waals surface area contributed by atoms with Crippen LogP contribution in [-0.4, -0.2) is 15.0 Å². The molecule has 5 rings (SSSR count). The van der Waals surface area contributed by atoms with Crippen LogP contribution >= 0.6 is 22.9 Å². The zero-order valence-electron chi connectivity index (χ0n) is 12.9. The van der Waals surface area contributed by atoms with Gasteiger partial charge in [-0.3, -0.25) is 0 Å². The predicted octanol–water partition coefficient (Wildman–Crippen LogP) is 5.44. The number of aromatic nitrogens is 3. The second-order valence-corrected chi connectivity index (χ2v) is 7.47. The first-order chi connectivity index (χ1) is 11.8. The Morgan fingerprint density at radius 1 is 0.958 bits per heavy atom. The van der Waals surface area contributed by atoms with Crippen molar-refractivity contribution in [1.82, 2.24) is 15.0 Å². The zero-order valence-corrected chi connectivity index (χ0v) is 14.5. The average molecular weight is 352 g/mol. The van der Waals surface area contributed by atoms with Crippen molar-refractivity contribution in [3.8, 4) is 11.3 Å². The van der Waals surface area contributed by atoms with Crippen molar-refractivity contribution < 1.29 is 0 Å². The Balaban J connectivity index is 1.93. The molecule has 0 fully saturated rings. The Kier molecular flexibility index (Phi) is 3.28. The van der Waals surface area contributed by atoms with E-state index in [4.69, 9.17) is 16.6 Å². The van der Waals surface area contributed by atoms with Gasteiger partial charge in [0.2, 0.25) is 0 Å². The first-order valence-electron chi connectivity index (χ1n) is 8.13. The van der Waals surface area contributed by atoms with Crippen LogP contribution in [0.2, 0.25) is 5.15 Å². The molecule has 3 heterocycles. The van der Waals surface area contributed by atoms with E-state index in [9.17, 15) is 0 Å². The van der Waals surface area contributed by atoms with Gasteiger partial charge >= 0.3 is 0 Å². The smallest absolute Gasteiger partial charge is 0.150 e. The molecule has 4 aromatic rings. The first-order valence-corrected chi connectivity index (χ1v) is 9.32. The third kappa shape index (κ3) is 2.06. The Morgan fingerprint density at radius 3 is 2.58 bits per heavy atom. The van der Waals surface area contributed by atoms with E-state index in [1.54, 1.807) is 17.7 Å². The highest BCUT2D eigenvalue weighted by Crippen LogP contribution is 2.42. The van der Waals surface area contributed by atoms with E-state index in [2.05, 4.69) is 34.2 Å². The number of fused-ring (bicyclic) bond motifs is 5. The van der Waals surface area contributed by atoms with Gasteiger partial charge in [0, 0.05) is 10.9 Å². The van der Waals surface area contributed by atoms with E-state index in [0.717, 1.165) is 33.6 Å². The number of pyridine rings is 1. The van der Waals surface area contributed by atoms with Crippen LogP contribution in [-0.2, 0) is 12.8 Å². The zero-order chi connectivity index (χ0) is 16.1. The molecule has 1 aromatic carbocycles. The van der Waals surface area contributed by atoms with E-state index in [1.165, 1.54) is 34.9 Å². The number of halogens is 1. The highest BCUT2D eigenvalue weighted by Gasteiger charge is 2.23. The third-order valence-electron chi connectivity index (χ3n) is 4.73. The number of benzene rings is 1. The molecule has 0 unspecified atom stereocenters. The molecule has 118 valence electrons. The quantitative estimate of drug-likeness (QED) is 0.429. The number of hydrogen-bond donors (Lipinski definition) is 0. The molecule has 0 amide bonds. The van der Waals surface area contributed by atoms with Crippen molar-refractivity contribution in [1.29, 1.82) is 0 Å². The topological polar surface area (TPSA) is 38.7 Å². The maximum atomic E-state index is 6.30. The molecule has 3 aromatic heterocycles. The molecule has 24 heavy (non-hydrogen) atoms. The van der Waals surface area contributed by atoms with E-state index < -0.39 is 0 Å². The Labute approximate surface area is 148 Å². The molecule has 0 spiro atoms. The summed E-state index contributed by atoms with van der Waals surface area (Å²) in [7, 11) is 0. The summed E-state index contributed by atoms with van der Waals surface area (Å²) in [6.07, 6.45) is 6.16. The number of aryl methyl sites for hydroxylation is 1. The molecule has 1 aliphatic carbocycles. The van der Waals surface area contributed by atoms with Gasteiger partial charge in [-0.25, -0.2) is 15.0 Å². The van der Waals surface area contributed by atoms with Crippen LogP contribution in [0.25, 0.3) is 31.7 Å². The van der Waals surface area contributed by atoms with Crippen LogP contribution in [0, 0.1) is 0 Å². The highest BCUT2D eigenvalue weighted by atomic mass is 35.5. The number of rotatable bonds is 1. The molecule has 0 N–H and O–H groups in total. The standard InChI is InChI=1S/C19H14ClN3S/c20-18-17-16(21-10-22-18)14-12-8-4-5-9-13(12)15(23-19(14)24-17)11-6-2-1-3-7-11/h1-3,6-7,10H,4-5,8-9H2. The summed E-state index contributed by atoms with van der Waals surface area (Å²) in [5.74, 6) is 0. The SMILES string of the molecule is Clc1ncnc2c1sc1nc(-c3ccccc3)c3c(c12)CCCC3. The van der Waals surface area contributed by atoms with Gasteiger partial charge in [-0.15, -0.1) is 11.3 Å². The Morgan fingerprint density at radius 2 is 1.75 bits per heavy atom. The lowest BCUT2D eigenvalue weighted by Gasteiger charge is -2.20. The number of hydrogen-bond acceptors (Lipinski definition) is 4. The molecule has 0 atom stereocenters. The molecule has 0 radical (unpaired) electrons. The van der Waals surface area contributed by atoms with E-state index in [0.29, 0.717) is 5.15 Å². The van der Waals surface area contributed by atoms with E-state index >= 15 is 0 Å². The summed E-state index contributed by atoms with van der Waals surface area (Å²) in [5.41, 5.74) is 6.06. The van der Waals surface area contributed by atoms with Gasteiger partial charge in [-0.05, 0) is 36.8 Å². The summed E-state index contributed by atoms with van der Waals surface area (Å²) < 4.78 is 0.944. The van der Waals surface area contributed by atoms with E-state index in [-0.39, 0.29) is 0 Å². The average Bonchev–Trinajstić information content (AvgIpc) is 3.02. The molecule has 5 heteroatoms. The summed E-state index contributed by atoms with van der Waals surface area (Å²) in [6.45, 7) is 0. The minimum absolute atomic E-state index is 0.522. The monoisotopic (exact) mass is 351 g/mol. The number of nitrogens with zero attached hydrogens (tertiary/aromatic N) is 3. The lowest BCUT2D eigenvalue weighted by atomic mass is 9.87. The third-order valence-corrected chi connectivity index (χ3v) is 6.20. The molecule has 1 aliphatic rings. The molecule has 0 saturated carbocycles. The van der Waals surface area contributed by atoms with Crippen molar-refractivity contribution in [2.45, 2.75) is 25.7 Å². The fourth-order valence-corrected chi connectivity index (χ4v) is 4.96. The minimum atomic E-state index is 0.522. The molecule has 0 bridgehead atoms. The molecule has 0 aliphatic heterocycles. The van der Waals surface area contributed by atoms with Crippen LogP contribution in [0.1, 0.15) is 24.0 Å². The van der Waals surface area contributed by atoms with Gasteiger partial charge in [0.15, 0.2) is 0 Å². The second kappa shape index (κ2) is 5.50. The normalized spacial score (nSPS) is 14.2. The second-order valence-electron chi connectivity index (χ2n) is 6.12. The minimum Gasteiger partial charge on any atom is -0.236 e. The fourth-order valence-electron chi connectivity index (χ4n) is 3.67. The van der Waals surface area contributed by atoms with Crippen molar-refractivity contribution in [3.63, 3.8) is 0 Å². The van der Waals surface area contributed by atoms with Crippen molar-refractivity contribution in [2.24, 2.45) is 0 Å². The van der Waals surface area contributed by atoms with Crippen LogP contribution in [0.3, 0.4) is 0 Å². The molecule has 3 nitrogen and oxygen atoms in total. The highest BCUT2D eigenvalue weighted by molar-refractivity contribution is 7.26. The molecule has 0 saturated heterocycles. The van der Waals surface area contributed by atoms with Crippen molar-refractivity contribution in [3.05, 3.63) is 52.9 Å². The van der Waals surface area contributed by atoms with Crippen LogP contribution in [0.15, 0.2) is 36.7 Å². The van der Waals surface area contributed by atoms with Gasteiger partial charge in [-0.1, -0.05) is 41.9 Å². The maximum Gasteiger partial charge on any atom is 0.150 e. The Bertz CT molecular complexity index is 1070. The lowest BCUT2D eigenvalue weighted by Crippen LogP contribution is -2.07. The molecular weight excluding hydrogens is 338 g/mol. The Hall–Kier alpha value is -2.04. The molecular formula is C19H14ClN3S. The number of thiophene rings is 1. The maximum absolute atomic E-state index is 6.30. The van der Waals surface area contributed by atoms with Gasteiger partial charge in [0.05, 0.1) is 15.9 Å². The summed E-state index contributed by atoms with van der Waals surface area (Å²) >= 11 is 7.90.